The maximum atomic E-state index is 12.9. The third-order valence-corrected chi connectivity index (χ3v) is 4.65. The smallest absolute Gasteiger partial charge is 0.213 e. The van der Waals surface area contributed by atoms with Gasteiger partial charge in [0.15, 0.2) is 0 Å². The maximum absolute atomic E-state index is 12.9. The molecule has 0 spiro atoms. The molecule has 19 heavy (non-hydrogen) atoms. The Labute approximate surface area is 122 Å². The number of nitrogens with zero attached hydrogens (tertiary/aromatic N) is 2. The van der Waals surface area contributed by atoms with Gasteiger partial charge in [0.25, 0.3) is 0 Å². The van der Waals surface area contributed by atoms with Gasteiger partial charge in [0.1, 0.15) is 11.3 Å². The molecule has 1 aromatic rings. The number of aromatic nitrogens is 2. The fourth-order valence-corrected chi connectivity index (χ4v) is 3.51. The first kappa shape index (κ1) is 14.7. The van der Waals surface area contributed by atoms with Gasteiger partial charge < -0.3 is 4.74 Å². The van der Waals surface area contributed by atoms with E-state index in [1.54, 1.807) is 18.0 Å². The second-order valence-corrected chi connectivity index (χ2v) is 6.24. The van der Waals surface area contributed by atoms with Crippen LogP contribution in [0.15, 0.2) is 10.7 Å². The molecule has 0 aliphatic heterocycles. The van der Waals surface area contributed by atoms with E-state index in [1.165, 1.54) is 6.42 Å². The highest BCUT2D eigenvalue weighted by molar-refractivity contribution is 9.10. The number of methoxy groups -OCH3 is 1. The van der Waals surface area contributed by atoms with E-state index < -0.39 is 5.60 Å². The van der Waals surface area contributed by atoms with Gasteiger partial charge in [0.2, 0.25) is 5.78 Å². The molecule has 2 atom stereocenters. The molecule has 4 nitrogen and oxygen atoms in total. The highest BCUT2D eigenvalue weighted by Crippen LogP contribution is 2.38. The van der Waals surface area contributed by atoms with E-state index in [2.05, 4.69) is 28.0 Å². The molecule has 2 unspecified atom stereocenters. The van der Waals surface area contributed by atoms with Gasteiger partial charge in [-0.2, -0.15) is 5.10 Å². The van der Waals surface area contributed by atoms with Crippen molar-refractivity contribution in [3.05, 3.63) is 16.4 Å². The molecule has 1 aliphatic rings. The molecule has 1 saturated carbocycles. The minimum Gasteiger partial charge on any atom is -0.370 e. The summed E-state index contributed by atoms with van der Waals surface area (Å²) < 4.78 is 8.18. The van der Waals surface area contributed by atoms with Crippen LogP contribution >= 0.6 is 15.9 Å². The van der Waals surface area contributed by atoms with Crippen LogP contribution in [-0.4, -0.2) is 28.3 Å². The van der Waals surface area contributed by atoms with Gasteiger partial charge in [-0.05, 0) is 48.0 Å². The summed E-state index contributed by atoms with van der Waals surface area (Å²) in [4.78, 5) is 12.9. The number of hydrogen-bond donors (Lipinski definition) is 0. The summed E-state index contributed by atoms with van der Waals surface area (Å²) in [6.45, 7) is 4.85. The van der Waals surface area contributed by atoms with Crippen molar-refractivity contribution in [3.8, 4) is 0 Å². The maximum Gasteiger partial charge on any atom is 0.213 e. The lowest BCUT2D eigenvalue weighted by Crippen LogP contribution is -2.45. The molecule has 1 aromatic heterocycles. The number of rotatable bonds is 4. The molecule has 0 amide bonds. The van der Waals surface area contributed by atoms with Crippen LogP contribution in [0.1, 0.15) is 50.0 Å². The Bertz CT molecular complexity index is 472. The average Bonchev–Trinajstić information content (AvgIpc) is 2.78. The molecule has 0 radical (unpaired) electrons. The molecule has 1 heterocycles. The van der Waals surface area contributed by atoms with Gasteiger partial charge in [0, 0.05) is 13.7 Å². The summed E-state index contributed by atoms with van der Waals surface area (Å²) in [5, 5.41) is 4.23. The molecular formula is C14H21BrN2O2. The Hall–Kier alpha value is -0.680. The quantitative estimate of drug-likeness (QED) is 0.795. The number of ether oxygens (including phenoxy) is 1. The topological polar surface area (TPSA) is 44.1 Å². The summed E-state index contributed by atoms with van der Waals surface area (Å²) in [7, 11) is 1.65. The third kappa shape index (κ3) is 2.63. The molecule has 106 valence electrons. The van der Waals surface area contributed by atoms with Crippen LogP contribution in [0.25, 0.3) is 0 Å². The second-order valence-electron chi connectivity index (χ2n) is 5.39. The third-order valence-electron chi connectivity index (χ3n) is 4.07. The molecule has 1 aliphatic carbocycles. The van der Waals surface area contributed by atoms with Crippen LogP contribution in [0.4, 0.5) is 0 Å². The first-order valence-corrected chi connectivity index (χ1v) is 7.64. The monoisotopic (exact) mass is 328 g/mol. The lowest BCUT2D eigenvalue weighted by atomic mass is 9.75. The van der Waals surface area contributed by atoms with E-state index in [0.29, 0.717) is 18.2 Å². The van der Waals surface area contributed by atoms with E-state index in [-0.39, 0.29) is 5.78 Å². The normalized spacial score (nSPS) is 27.5. The number of carbonyl (C=O) groups excluding carboxylic acids is 1. The molecule has 0 bridgehead atoms. The van der Waals surface area contributed by atoms with Crippen LogP contribution in [0.5, 0.6) is 0 Å². The van der Waals surface area contributed by atoms with Crippen molar-refractivity contribution in [2.45, 2.75) is 51.7 Å². The Balaban J connectivity index is 2.37. The van der Waals surface area contributed by atoms with Crippen molar-refractivity contribution >= 4 is 21.7 Å². The van der Waals surface area contributed by atoms with Crippen molar-refractivity contribution < 1.29 is 9.53 Å². The fourth-order valence-electron chi connectivity index (χ4n) is 3.03. The second kappa shape index (κ2) is 5.75. The molecule has 0 saturated heterocycles. The number of hydrogen-bond acceptors (Lipinski definition) is 3. The highest BCUT2D eigenvalue weighted by atomic mass is 79.9. The molecular weight excluding hydrogens is 308 g/mol. The predicted octanol–water partition coefficient (Wildman–Crippen LogP) is 3.44. The SMILES string of the molecule is CCn1ncc(Br)c1C(=O)C1(OC)CCCC(C)C1. The number of aryl methyl sites for hydroxylation is 1. The Morgan fingerprint density at radius 1 is 1.68 bits per heavy atom. The Morgan fingerprint density at radius 3 is 3.00 bits per heavy atom. The fraction of sp³-hybridized carbons (Fsp3) is 0.714. The van der Waals surface area contributed by atoms with E-state index in [0.717, 1.165) is 23.7 Å². The van der Waals surface area contributed by atoms with Gasteiger partial charge in [-0.1, -0.05) is 13.3 Å². The van der Waals surface area contributed by atoms with E-state index in [1.807, 2.05) is 6.92 Å². The minimum absolute atomic E-state index is 0.0628. The van der Waals surface area contributed by atoms with Crippen molar-refractivity contribution in [2.24, 2.45) is 5.92 Å². The Morgan fingerprint density at radius 2 is 2.42 bits per heavy atom. The Kier molecular flexibility index (Phi) is 4.46. The zero-order valence-electron chi connectivity index (χ0n) is 11.8. The summed E-state index contributed by atoms with van der Waals surface area (Å²) in [5.41, 5.74) is -0.0360. The number of carbonyl (C=O) groups is 1. The molecule has 2 rings (SSSR count). The van der Waals surface area contributed by atoms with E-state index in [4.69, 9.17) is 4.74 Å². The van der Waals surface area contributed by atoms with Gasteiger partial charge in [-0.15, -0.1) is 0 Å². The summed E-state index contributed by atoms with van der Waals surface area (Å²) in [6.07, 6.45) is 5.50. The molecule has 1 fully saturated rings. The largest absolute Gasteiger partial charge is 0.370 e. The summed E-state index contributed by atoms with van der Waals surface area (Å²) in [6, 6.07) is 0. The zero-order chi connectivity index (χ0) is 14.0. The summed E-state index contributed by atoms with van der Waals surface area (Å²) in [5.74, 6) is 0.585. The lowest BCUT2D eigenvalue weighted by Gasteiger charge is -2.37. The highest BCUT2D eigenvalue weighted by Gasteiger charge is 2.44. The van der Waals surface area contributed by atoms with Crippen LogP contribution < -0.4 is 0 Å². The van der Waals surface area contributed by atoms with Crippen molar-refractivity contribution in [3.63, 3.8) is 0 Å². The van der Waals surface area contributed by atoms with Crippen molar-refractivity contribution in [1.82, 2.24) is 9.78 Å². The van der Waals surface area contributed by atoms with Crippen molar-refractivity contribution in [1.29, 1.82) is 0 Å². The van der Waals surface area contributed by atoms with Gasteiger partial charge in [-0.25, -0.2) is 0 Å². The standard InChI is InChI=1S/C14H21BrN2O2/c1-4-17-12(11(15)9-16-17)13(18)14(19-3)7-5-6-10(2)8-14/h9-10H,4-8H2,1-3H3. The van der Waals surface area contributed by atoms with Crippen molar-refractivity contribution in [2.75, 3.05) is 7.11 Å². The van der Waals surface area contributed by atoms with Crippen LogP contribution in [0.2, 0.25) is 0 Å². The van der Waals surface area contributed by atoms with E-state index in [9.17, 15) is 4.79 Å². The predicted molar refractivity (Wildman–Crippen MR) is 77.3 cm³/mol. The first-order chi connectivity index (χ1) is 9.04. The minimum atomic E-state index is -0.673. The van der Waals surface area contributed by atoms with E-state index >= 15 is 0 Å². The lowest BCUT2D eigenvalue weighted by molar-refractivity contribution is -0.0310. The number of halogens is 1. The first-order valence-electron chi connectivity index (χ1n) is 6.85. The average molecular weight is 329 g/mol. The number of Topliss-reactive ketones (excluding diaryl/α,β-unsaturated/α-hetero) is 1. The molecule has 0 aromatic carbocycles. The van der Waals surface area contributed by atoms with Gasteiger partial charge in [0.05, 0.1) is 10.7 Å². The molecule has 0 N–H and O–H groups in total. The van der Waals surface area contributed by atoms with Crippen LogP contribution in [-0.2, 0) is 11.3 Å². The van der Waals surface area contributed by atoms with Gasteiger partial charge >= 0.3 is 0 Å². The molecule has 5 heteroatoms. The summed E-state index contributed by atoms with van der Waals surface area (Å²) >= 11 is 3.43. The van der Waals surface area contributed by atoms with Crippen LogP contribution in [0.3, 0.4) is 0 Å². The van der Waals surface area contributed by atoms with Crippen LogP contribution in [0, 0.1) is 5.92 Å². The van der Waals surface area contributed by atoms with Gasteiger partial charge in [-0.3, -0.25) is 9.48 Å². The number of ketones is 1. The zero-order valence-corrected chi connectivity index (χ0v) is 13.4.